The van der Waals surface area contributed by atoms with Gasteiger partial charge in [-0.25, -0.2) is 0 Å². The van der Waals surface area contributed by atoms with E-state index >= 15 is 0 Å². The van der Waals surface area contributed by atoms with E-state index in [1.165, 1.54) is 36.5 Å². The Morgan fingerprint density at radius 2 is 2.00 bits per heavy atom. The highest BCUT2D eigenvalue weighted by molar-refractivity contribution is 6.33. The molecule has 2 heterocycles. The molecular weight excluding hydrogens is 434 g/mol. The second-order valence-electron chi connectivity index (χ2n) is 8.79. The minimum atomic E-state index is -0.523. The van der Waals surface area contributed by atoms with Gasteiger partial charge < -0.3 is 15.8 Å². The molecule has 1 fully saturated rings. The zero-order chi connectivity index (χ0) is 23.4. The number of piperidine rings is 1. The lowest BCUT2D eigenvalue weighted by Gasteiger charge is -2.24. The number of aryl methyl sites for hydroxylation is 2. The smallest absolute Gasteiger partial charge is 0.241 e. The van der Waals surface area contributed by atoms with Crippen LogP contribution in [0.25, 0.3) is 28.1 Å². The maximum absolute atomic E-state index is 11.3. The van der Waals surface area contributed by atoms with E-state index in [0.717, 1.165) is 40.7 Å². The van der Waals surface area contributed by atoms with Gasteiger partial charge in [-0.15, -0.1) is 0 Å². The number of rotatable bonds is 7. The van der Waals surface area contributed by atoms with Gasteiger partial charge >= 0.3 is 0 Å². The number of halogens is 1. The van der Waals surface area contributed by atoms with Crippen molar-refractivity contribution in [1.29, 1.82) is 0 Å². The van der Waals surface area contributed by atoms with Crippen molar-refractivity contribution in [3.63, 3.8) is 0 Å². The Morgan fingerprint density at radius 1 is 1.21 bits per heavy atom. The van der Waals surface area contributed by atoms with Crippen LogP contribution in [0.1, 0.15) is 42.4 Å². The van der Waals surface area contributed by atoms with E-state index in [4.69, 9.17) is 22.1 Å². The van der Waals surface area contributed by atoms with Gasteiger partial charge in [0.1, 0.15) is 5.75 Å². The van der Waals surface area contributed by atoms with Crippen LogP contribution < -0.4 is 15.8 Å². The lowest BCUT2D eigenvalue weighted by Crippen LogP contribution is -2.35. The maximum atomic E-state index is 11.3. The fourth-order valence-corrected chi connectivity index (χ4v) is 4.69. The number of fused-ring (bicyclic) bond motifs is 1. The molecule has 0 bridgehead atoms. The average Bonchev–Trinajstić information content (AvgIpc) is 2.77. The summed E-state index contributed by atoms with van der Waals surface area (Å²) in [6.45, 7) is 5.86. The van der Waals surface area contributed by atoms with E-state index < -0.39 is 5.91 Å². The van der Waals surface area contributed by atoms with Crippen LogP contribution in [-0.2, 0) is 4.79 Å². The summed E-state index contributed by atoms with van der Waals surface area (Å²) in [7, 11) is 0. The van der Waals surface area contributed by atoms with Crippen LogP contribution in [0, 0.1) is 13.8 Å². The molecule has 5 nitrogen and oxygen atoms in total. The topological polar surface area (TPSA) is 77.2 Å². The number of carbonyl (C=O) groups excluding carboxylic acids is 1. The fourth-order valence-electron chi connectivity index (χ4n) is 4.47. The molecule has 1 aliphatic rings. The number of hydrogen-bond donors (Lipinski definition) is 2. The fraction of sp³-hybridized carbons (Fsp3) is 0.333. The lowest BCUT2D eigenvalue weighted by molar-refractivity contribution is -0.113. The highest BCUT2D eigenvalue weighted by Crippen LogP contribution is 2.38. The molecule has 2 aromatic carbocycles. The van der Waals surface area contributed by atoms with Crippen molar-refractivity contribution in [1.82, 2.24) is 10.3 Å². The number of hydrogen-bond acceptors (Lipinski definition) is 4. The second kappa shape index (κ2) is 10.4. The number of primary amides is 1. The molecule has 3 N–H and O–H groups in total. The summed E-state index contributed by atoms with van der Waals surface area (Å²) in [5, 5.41) is 4.95. The number of aromatic nitrogens is 1. The molecule has 1 saturated heterocycles. The molecule has 0 spiro atoms. The van der Waals surface area contributed by atoms with Crippen LogP contribution in [-0.4, -0.2) is 30.1 Å². The standard InChI is InChI=1S/C27H30ClN3O2/c1-17-11-18(2)13-20(12-17)23-16-31-25-15-24(28)19(6-7-26(29)32)14-22(25)27(23)33-10-8-21-5-3-4-9-30-21/h6-7,11-16,21,30H,3-5,8-10H2,1-2H3,(H2,29,32)/b7-6+/t21-/m1/s1. The Hall–Kier alpha value is -2.89. The number of carbonyl (C=O) groups is 1. The number of amides is 1. The summed E-state index contributed by atoms with van der Waals surface area (Å²) in [4.78, 5) is 15.9. The van der Waals surface area contributed by atoms with E-state index in [1.54, 1.807) is 12.1 Å². The summed E-state index contributed by atoms with van der Waals surface area (Å²) in [5.41, 5.74) is 11.1. The van der Waals surface area contributed by atoms with E-state index in [9.17, 15) is 4.79 Å². The van der Waals surface area contributed by atoms with E-state index in [0.29, 0.717) is 23.2 Å². The quantitative estimate of drug-likeness (QED) is 0.448. The minimum Gasteiger partial charge on any atom is -0.492 e. The summed E-state index contributed by atoms with van der Waals surface area (Å²) in [6, 6.07) is 10.7. The molecule has 33 heavy (non-hydrogen) atoms. The Labute approximate surface area is 200 Å². The first-order valence-corrected chi connectivity index (χ1v) is 11.8. The monoisotopic (exact) mass is 463 g/mol. The van der Waals surface area contributed by atoms with Crippen LogP contribution in [0.4, 0.5) is 0 Å². The van der Waals surface area contributed by atoms with Gasteiger partial charge in [0, 0.05) is 34.3 Å². The van der Waals surface area contributed by atoms with Gasteiger partial charge in [-0.1, -0.05) is 47.3 Å². The van der Waals surface area contributed by atoms with Crippen molar-refractivity contribution in [2.24, 2.45) is 5.73 Å². The Bertz CT molecular complexity index is 1180. The third kappa shape index (κ3) is 5.73. The van der Waals surface area contributed by atoms with Crippen molar-refractivity contribution in [2.45, 2.75) is 45.6 Å². The molecule has 3 aromatic rings. The first-order valence-electron chi connectivity index (χ1n) is 11.5. The molecule has 0 saturated carbocycles. The van der Waals surface area contributed by atoms with E-state index in [-0.39, 0.29) is 0 Å². The van der Waals surface area contributed by atoms with Gasteiger partial charge in [0.25, 0.3) is 0 Å². The third-order valence-electron chi connectivity index (χ3n) is 6.02. The minimum absolute atomic E-state index is 0.486. The largest absolute Gasteiger partial charge is 0.492 e. The number of ether oxygens (including phenoxy) is 1. The first-order chi connectivity index (χ1) is 15.9. The van der Waals surface area contributed by atoms with Crippen molar-refractivity contribution in [2.75, 3.05) is 13.2 Å². The first kappa shape index (κ1) is 23.3. The number of nitrogens with zero attached hydrogens (tertiary/aromatic N) is 1. The van der Waals surface area contributed by atoms with Gasteiger partial charge in [-0.3, -0.25) is 9.78 Å². The van der Waals surface area contributed by atoms with Crippen molar-refractivity contribution < 1.29 is 9.53 Å². The molecule has 0 radical (unpaired) electrons. The number of nitrogens with one attached hydrogen (secondary N) is 1. The van der Waals surface area contributed by atoms with Gasteiger partial charge in [0.05, 0.1) is 12.1 Å². The number of benzene rings is 2. The normalized spacial score (nSPS) is 16.4. The van der Waals surface area contributed by atoms with Gasteiger partial charge in [-0.05, 0) is 69.0 Å². The van der Waals surface area contributed by atoms with Crippen LogP contribution in [0.3, 0.4) is 0 Å². The molecule has 6 heteroatoms. The molecule has 0 aliphatic carbocycles. The molecule has 1 atom stereocenters. The van der Waals surface area contributed by atoms with E-state index in [1.807, 2.05) is 12.3 Å². The SMILES string of the molecule is Cc1cc(C)cc(-c2cnc3cc(Cl)c(/C=C/C(N)=O)cc3c2OCC[C@H]2CCCCN2)c1. The molecule has 0 unspecified atom stereocenters. The number of pyridine rings is 1. The maximum Gasteiger partial charge on any atom is 0.241 e. The molecule has 1 amide bonds. The van der Waals surface area contributed by atoms with Crippen LogP contribution >= 0.6 is 11.6 Å². The molecule has 4 rings (SSSR count). The zero-order valence-corrected chi connectivity index (χ0v) is 19.9. The van der Waals surface area contributed by atoms with Crippen LogP contribution in [0.2, 0.25) is 5.02 Å². The van der Waals surface area contributed by atoms with Crippen LogP contribution in [0.15, 0.2) is 42.6 Å². The van der Waals surface area contributed by atoms with Crippen molar-refractivity contribution in [3.05, 3.63) is 64.3 Å². The predicted molar refractivity (Wildman–Crippen MR) is 136 cm³/mol. The molecular formula is C27H30ClN3O2. The average molecular weight is 464 g/mol. The summed E-state index contributed by atoms with van der Waals surface area (Å²) >= 11 is 6.45. The summed E-state index contributed by atoms with van der Waals surface area (Å²) in [6.07, 6.45) is 9.43. The number of nitrogens with two attached hydrogens (primary N) is 1. The Kier molecular flexibility index (Phi) is 7.31. The van der Waals surface area contributed by atoms with E-state index in [2.05, 4.69) is 42.3 Å². The molecule has 1 aromatic heterocycles. The Morgan fingerprint density at radius 3 is 2.70 bits per heavy atom. The lowest BCUT2D eigenvalue weighted by atomic mass is 9.98. The van der Waals surface area contributed by atoms with Crippen molar-refractivity contribution >= 4 is 34.5 Å². The summed E-state index contributed by atoms with van der Waals surface area (Å²) in [5.74, 6) is 0.260. The molecule has 172 valence electrons. The highest BCUT2D eigenvalue weighted by atomic mass is 35.5. The van der Waals surface area contributed by atoms with Gasteiger partial charge in [0.2, 0.25) is 5.91 Å². The second-order valence-corrected chi connectivity index (χ2v) is 9.20. The van der Waals surface area contributed by atoms with Gasteiger partial charge in [0.15, 0.2) is 0 Å². The predicted octanol–water partition coefficient (Wildman–Crippen LogP) is 5.58. The third-order valence-corrected chi connectivity index (χ3v) is 6.35. The zero-order valence-electron chi connectivity index (χ0n) is 19.2. The van der Waals surface area contributed by atoms with Crippen LogP contribution in [0.5, 0.6) is 5.75 Å². The summed E-state index contributed by atoms with van der Waals surface area (Å²) < 4.78 is 6.47. The Balaban J connectivity index is 1.78. The van der Waals surface area contributed by atoms with Gasteiger partial charge in [-0.2, -0.15) is 0 Å². The highest BCUT2D eigenvalue weighted by Gasteiger charge is 2.17. The molecule has 1 aliphatic heterocycles. The van der Waals surface area contributed by atoms with Crippen molar-refractivity contribution in [3.8, 4) is 16.9 Å².